The Labute approximate surface area is 162 Å². The summed E-state index contributed by atoms with van der Waals surface area (Å²) in [6.07, 6.45) is 7.87. The summed E-state index contributed by atoms with van der Waals surface area (Å²) in [6, 6.07) is 8.44. The van der Waals surface area contributed by atoms with Gasteiger partial charge in [0.05, 0.1) is 6.04 Å². The average molecular weight is 370 g/mol. The van der Waals surface area contributed by atoms with E-state index in [9.17, 15) is 10.1 Å². The SMILES string of the molecule is CCOCCCN/C=C(/C#N)C(=O)NC(CC)c1ccc2c(c1)CCCC2. The largest absolute Gasteiger partial charge is 0.390 e. The summed E-state index contributed by atoms with van der Waals surface area (Å²) in [5.74, 6) is -0.334. The molecule has 0 fully saturated rings. The molecule has 0 heterocycles. The third-order valence-electron chi connectivity index (χ3n) is 4.91. The molecule has 0 aromatic heterocycles. The van der Waals surface area contributed by atoms with Crippen LogP contribution in [-0.4, -0.2) is 25.7 Å². The number of nitriles is 1. The number of nitrogens with one attached hydrogen (secondary N) is 2. The van der Waals surface area contributed by atoms with Crippen molar-refractivity contribution in [2.75, 3.05) is 19.8 Å². The van der Waals surface area contributed by atoms with Crippen LogP contribution < -0.4 is 10.6 Å². The number of amides is 1. The highest BCUT2D eigenvalue weighted by Gasteiger charge is 2.18. The number of carbonyl (C=O) groups excluding carboxylic acids is 1. The Morgan fingerprint density at radius 3 is 2.78 bits per heavy atom. The van der Waals surface area contributed by atoms with E-state index in [2.05, 4.69) is 28.8 Å². The Kier molecular flexibility index (Phi) is 8.86. The summed E-state index contributed by atoms with van der Waals surface area (Å²) in [6.45, 7) is 6.04. The minimum atomic E-state index is -0.334. The second-order valence-corrected chi connectivity index (χ2v) is 6.84. The molecule has 0 bridgehead atoms. The minimum Gasteiger partial charge on any atom is -0.390 e. The molecule has 5 nitrogen and oxygen atoms in total. The zero-order chi connectivity index (χ0) is 19.5. The molecule has 0 saturated carbocycles. The number of benzene rings is 1. The Morgan fingerprint density at radius 2 is 2.07 bits per heavy atom. The summed E-state index contributed by atoms with van der Waals surface area (Å²) in [5.41, 5.74) is 4.05. The third-order valence-corrected chi connectivity index (χ3v) is 4.91. The van der Waals surface area contributed by atoms with Crippen LogP contribution >= 0.6 is 0 Å². The Hall–Kier alpha value is -2.32. The molecule has 5 heteroatoms. The number of hydrogen-bond acceptors (Lipinski definition) is 4. The zero-order valence-electron chi connectivity index (χ0n) is 16.5. The lowest BCUT2D eigenvalue weighted by Crippen LogP contribution is -2.30. The van der Waals surface area contributed by atoms with E-state index in [1.54, 1.807) is 0 Å². The first-order valence-electron chi connectivity index (χ1n) is 10.0. The van der Waals surface area contributed by atoms with Gasteiger partial charge in [-0.25, -0.2) is 0 Å². The van der Waals surface area contributed by atoms with Crippen molar-refractivity contribution >= 4 is 5.91 Å². The molecule has 146 valence electrons. The lowest BCUT2D eigenvalue weighted by atomic mass is 9.88. The van der Waals surface area contributed by atoms with Gasteiger partial charge >= 0.3 is 0 Å². The van der Waals surface area contributed by atoms with Crippen LogP contribution in [0.5, 0.6) is 0 Å². The van der Waals surface area contributed by atoms with Crippen molar-refractivity contribution in [3.05, 3.63) is 46.7 Å². The van der Waals surface area contributed by atoms with Crippen molar-refractivity contribution < 1.29 is 9.53 Å². The number of nitrogens with zero attached hydrogens (tertiary/aromatic N) is 1. The molecule has 2 rings (SSSR count). The van der Waals surface area contributed by atoms with E-state index in [-0.39, 0.29) is 17.5 Å². The second kappa shape index (κ2) is 11.4. The van der Waals surface area contributed by atoms with Gasteiger partial charge in [-0.05, 0) is 62.1 Å². The summed E-state index contributed by atoms with van der Waals surface area (Å²) >= 11 is 0. The van der Waals surface area contributed by atoms with Crippen molar-refractivity contribution in [1.29, 1.82) is 5.26 Å². The van der Waals surface area contributed by atoms with Gasteiger partial charge in [0.2, 0.25) is 0 Å². The molecular formula is C22H31N3O2. The number of aryl methyl sites for hydroxylation is 2. The zero-order valence-corrected chi connectivity index (χ0v) is 16.5. The molecule has 1 aliphatic carbocycles. The van der Waals surface area contributed by atoms with E-state index in [1.165, 1.54) is 30.2 Å². The summed E-state index contributed by atoms with van der Waals surface area (Å²) < 4.78 is 5.26. The maximum atomic E-state index is 12.5. The van der Waals surface area contributed by atoms with Crippen LogP contribution in [0.4, 0.5) is 0 Å². The van der Waals surface area contributed by atoms with Crippen LogP contribution in [0.1, 0.15) is 62.3 Å². The maximum Gasteiger partial charge on any atom is 0.263 e. The topological polar surface area (TPSA) is 74.1 Å². The molecule has 27 heavy (non-hydrogen) atoms. The molecule has 1 aromatic carbocycles. The van der Waals surface area contributed by atoms with E-state index >= 15 is 0 Å². The second-order valence-electron chi connectivity index (χ2n) is 6.84. The highest BCUT2D eigenvalue weighted by atomic mass is 16.5. The van der Waals surface area contributed by atoms with Crippen molar-refractivity contribution in [3.63, 3.8) is 0 Å². The molecule has 0 saturated heterocycles. The first kappa shape index (κ1) is 21.0. The predicted octanol–water partition coefficient (Wildman–Crippen LogP) is 3.56. The molecule has 0 aliphatic heterocycles. The Morgan fingerprint density at radius 1 is 1.30 bits per heavy atom. The highest BCUT2D eigenvalue weighted by Crippen LogP contribution is 2.26. The van der Waals surface area contributed by atoms with E-state index in [0.29, 0.717) is 19.8 Å². The first-order valence-corrected chi connectivity index (χ1v) is 10.0. The molecule has 0 spiro atoms. The molecule has 2 N–H and O–H groups in total. The number of hydrogen-bond donors (Lipinski definition) is 2. The van der Waals surface area contributed by atoms with Gasteiger partial charge in [-0.2, -0.15) is 5.26 Å². The normalized spacial score (nSPS) is 14.8. The van der Waals surface area contributed by atoms with Gasteiger partial charge < -0.3 is 15.4 Å². The predicted molar refractivity (Wildman–Crippen MR) is 107 cm³/mol. The van der Waals surface area contributed by atoms with Gasteiger partial charge in [0.25, 0.3) is 5.91 Å². The minimum absolute atomic E-state index is 0.0839. The quantitative estimate of drug-likeness (QED) is 0.376. The van der Waals surface area contributed by atoms with Gasteiger partial charge in [0.15, 0.2) is 0 Å². The van der Waals surface area contributed by atoms with Crippen LogP contribution in [0.2, 0.25) is 0 Å². The van der Waals surface area contributed by atoms with Gasteiger partial charge in [0.1, 0.15) is 11.6 Å². The smallest absolute Gasteiger partial charge is 0.263 e. The van der Waals surface area contributed by atoms with Crippen molar-refractivity contribution in [3.8, 4) is 6.07 Å². The fraction of sp³-hybridized carbons (Fsp3) is 0.545. The molecule has 1 atom stereocenters. The summed E-state index contributed by atoms with van der Waals surface area (Å²) in [5, 5.41) is 15.3. The lowest BCUT2D eigenvalue weighted by molar-refractivity contribution is -0.117. The van der Waals surface area contributed by atoms with E-state index in [1.807, 2.05) is 19.9 Å². The van der Waals surface area contributed by atoms with Gasteiger partial charge in [0, 0.05) is 26.0 Å². The van der Waals surface area contributed by atoms with Crippen molar-refractivity contribution in [2.24, 2.45) is 0 Å². The number of carbonyl (C=O) groups is 1. The molecular weight excluding hydrogens is 338 g/mol. The fourth-order valence-electron chi connectivity index (χ4n) is 3.37. The van der Waals surface area contributed by atoms with Gasteiger partial charge in [-0.1, -0.05) is 25.1 Å². The van der Waals surface area contributed by atoms with Crippen LogP contribution in [0.3, 0.4) is 0 Å². The third kappa shape index (κ3) is 6.41. The summed E-state index contributed by atoms with van der Waals surface area (Å²) in [7, 11) is 0. The molecule has 1 unspecified atom stereocenters. The Bertz CT molecular complexity index is 691. The van der Waals surface area contributed by atoms with Crippen LogP contribution in [0.15, 0.2) is 30.0 Å². The monoisotopic (exact) mass is 369 g/mol. The van der Waals surface area contributed by atoms with Gasteiger partial charge in [-0.3, -0.25) is 4.79 Å². The summed E-state index contributed by atoms with van der Waals surface area (Å²) in [4.78, 5) is 12.5. The van der Waals surface area contributed by atoms with Gasteiger partial charge in [-0.15, -0.1) is 0 Å². The fourth-order valence-corrected chi connectivity index (χ4v) is 3.37. The molecule has 1 amide bonds. The molecule has 0 radical (unpaired) electrons. The standard InChI is InChI=1S/C22H31N3O2/c1-3-21(19-11-10-17-8-5-6-9-18(17)14-19)25-22(26)20(15-23)16-24-12-7-13-27-4-2/h10-11,14,16,21,24H,3-9,12-13H2,1-2H3,(H,25,26)/b20-16-. The highest BCUT2D eigenvalue weighted by molar-refractivity contribution is 5.97. The lowest BCUT2D eigenvalue weighted by Gasteiger charge is -2.21. The van der Waals surface area contributed by atoms with E-state index in [0.717, 1.165) is 31.2 Å². The Balaban J connectivity index is 1.95. The number of fused-ring (bicyclic) bond motifs is 1. The van der Waals surface area contributed by atoms with E-state index < -0.39 is 0 Å². The maximum absolute atomic E-state index is 12.5. The van der Waals surface area contributed by atoms with Crippen LogP contribution in [0, 0.1) is 11.3 Å². The van der Waals surface area contributed by atoms with E-state index in [4.69, 9.17) is 4.74 Å². The molecule has 1 aromatic rings. The van der Waals surface area contributed by atoms with Crippen LogP contribution in [-0.2, 0) is 22.4 Å². The average Bonchev–Trinajstić information content (AvgIpc) is 2.71. The van der Waals surface area contributed by atoms with Crippen molar-refractivity contribution in [1.82, 2.24) is 10.6 Å². The van der Waals surface area contributed by atoms with Crippen LogP contribution in [0.25, 0.3) is 0 Å². The first-order chi connectivity index (χ1) is 13.2. The number of ether oxygens (including phenoxy) is 1. The molecule has 1 aliphatic rings. The number of rotatable bonds is 10. The van der Waals surface area contributed by atoms with Crippen molar-refractivity contribution in [2.45, 2.75) is 58.4 Å².